The first kappa shape index (κ1) is 31.9. The molecule has 0 radical (unpaired) electrons. The number of halogens is 1. The van der Waals surface area contributed by atoms with Crippen molar-refractivity contribution in [2.24, 2.45) is 5.92 Å². The number of carbonyl (C=O) groups is 2. The van der Waals surface area contributed by atoms with Crippen LogP contribution in [0.5, 0.6) is 5.75 Å². The number of rotatable bonds is 9. The highest BCUT2D eigenvalue weighted by Gasteiger charge is 2.66. The van der Waals surface area contributed by atoms with Crippen LogP contribution in [0.15, 0.2) is 91.6 Å². The minimum absolute atomic E-state index is 0.119. The molecule has 10 nitrogen and oxygen atoms in total. The van der Waals surface area contributed by atoms with Gasteiger partial charge in [0.15, 0.2) is 12.2 Å². The molecule has 3 aromatic carbocycles. The summed E-state index contributed by atoms with van der Waals surface area (Å²) in [7, 11) is -3.42. The van der Waals surface area contributed by atoms with Gasteiger partial charge in [-0.1, -0.05) is 60.7 Å². The average molecular weight is 668 g/mol. The van der Waals surface area contributed by atoms with E-state index in [0.717, 1.165) is 0 Å². The third kappa shape index (κ3) is 5.15. The first-order valence-corrected chi connectivity index (χ1v) is 19.1. The van der Waals surface area contributed by atoms with Crippen LogP contribution >= 0.6 is 0 Å². The van der Waals surface area contributed by atoms with Crippen LogP contribution < -0.4 is 14.5 Å². The number of carbonyl (C=O) groups excluding carboxylic acids is 2. The van der Waals surface area contributed by atoms with E-state index in [0.29, 0.717) is 52.6 Å². The smallest absolute Gasteiger partial charge is 0.269 e. The lowest BCUT2D eigenvalue weighted by molar-refractivity contribution is -0.145. The van der Waals surface area contributed by atoms with Gasteiger partial charge < -0.3 is 23.6 Å². The van der Waals surface area contributed by atoms with Crippen LogP contribution in [-0.4, -0.2) is 59.6 Å². The van der Waals surface area contributed by atoms with Crippen molar-refractivity contribution in [2.45, 2.75) is 56.3 Å². The molecule has 1 spiro atoms. The Morgan fingerprint density at radius 2 is 1.85 bits per heavy atom. The quantitative estimate of drug-likeness (QED) is 0.136. The Labute approximate surface area is 279 Å². The molecule has 1 N–H and O–H groups in total. The summed E-state index contributed by atoms with van der Waals surface area (Å²) in [5.41, 5.74) is 1.55. The number of benzene rings is 3. The molecule has 7 rings (SSSR count). The van der Waals surface area contributed by atoms with Gasteiger partial charge in [0.05, 0.1) is 23.7 Å². The Kier molecular flexibility index (Phi) is 8.05. The van der Waals surface area contributed by atoms with Gasteiger partial charge in [0, 0.05) is 35.8 Å². The maximum absolute atomic E-state index is 16.4. The Bertz CT molecular complexity index is 1880. The molecule has 12 heteroatoms. The van der Waals surface area contributed by atoms with Gasteiger partial charge in [0.25, 0.3) is 11.8 Å². The summed E-state index contributed by atoms with van der Waals surface area (Å²) in [5, 5.41) is 19.2. The predicted octanol–water partition coefficient (Wildman–Crippen LogP) is 5.81. The van der Waals surface area contributed by atoms with Crippen molar-refractivity contribution >= 4 is 37.3 Å². The maximum atomic E-state index is 16.4. The lowest BCUT2D eigenvalue weighted by atomic mass is 9.82. The van der Waals surface area contributed by atoms with E-state index < -0.39 is 37.7 Å². The van der Waals surface area contributed by atoms with Gasteiger partial charge in [0.2, 0.25) is 8.41 Å². The lowest BCUT2D eigenvalue weighted by Crippen LogP contribution is -2.45. The molecule has 3 aliphatic rings. The van der Waals surface area contributed by atoms with Gasteiger partial charge >= 0.3 is 0 Å². The number of aliphatic hydroxyl groups excluding tert-OH is 1. The number of fused-ring (bicyclic) bond motifs is 3. The number of ether oxygens (including phenoxy) is 2. The second-order valence-corrected chi connectivity index (χ2v) is 17.0. The average Bonchev–Trinajstić information content (AvgIpc) is 3.74. The van der Waals surface area contributed by atoms with Crippen LogP contribution in [0.4, 0.5) is 21.2 Å². The predicted molar refractivity (Wildman–Crippen MR) is 181 cm³/mol. The highest BCUT2D eigenvalue weighted by Crippen LogP contribution is 2.60. The Hall–Kier alpha value is -4.65. The lowest BCUT2D eigenvalue weighted by Gasteiger charge is -2.32. The van der Waals surface area contributed by atoms with Gasteiger partial charge in [-0.15, -0.1) is 11.7 Å². The molecule has 0 bridgehead atoms. The number of nitrogens with zero attached hydrogens (tertiary/aromatic N) is 5. The Balaban J connectivity index is 1.24. The first-order chi connectivity index (χ1) is 23.0. The molecule has 3 aliphatic heterocycles. The number of hydrogen-bond acceptors (Lipinski definition) is 7. The van der Waals surface area contributed by atoms with Crippen molar-refractivity contribution in [2.75, 3.05) is 23.0 Å². The van der Waals surface area contributed by atoms with Crippen molar-refractivity contribution in [3.8, 4) is 5.75 Å². The number of aromatic nitrogens is 3. The minimum atomic E-state index is -3.42. The first-order valence-electron chi connectivity index (χ1n) is 16.2. The fourth-order valence-corrected chi connectivity index (χ4v) is 10.3. The second-order valence-electron chi connectivity index (χ2n) is 13.2. The molecule has 0 aliphatic carbocycles. The highest BCUT2D eigenvalue weighted by molar-refractivity contribution is 6.72. The van der Waals surface area contributed by atoms with E-state index in [1.54, 1.807) is 39.8 Å². The fraction of sp³-hybridized carbons (Fsp3) is 0.333. The topological polar surface area (TPSA) is 110 Å². The molecule has 4 aromatic rings. The molecule has 1 saturated heterocycles. The molecular weight excluding hydrogens is 630 g/mol. The zero-order valence-electron chi connectivity index (χ0n) is 27.1. The molecule has 1 aromatic heterocycles. The monoisotopic (exact) mass is 667 g/mol. The van der Waals surface area contributed by atoms with E-state index in [4.69, 9.17) is 9.47 Å². The molecular formula is C36H38FN5O5Si. The van der Waals surface area contributed by atoms with Gasteiger partial charge in [-0.3, -0.25) is 19.2 Å². The number of para-hydroxylation sites is 2. The summed E-state index contributed by atoms with van der Waals surface area (Å²) in [5.74, 6) is -0.437. The van der Waals surface area contributed by atoms with Crippen molar-refractivity contribution in [1.82, 2.24) is 15.0 Å². The number of aryl methyl sites for hydroxylation is 1. The summed E-state index contributed by atoms with van der Waals surface area (Å²) < 4.78 is 30.6. The van der Waals surface area contributed by atoms with E-state index in [1.807, 2.05) is 79.7 Å². The number of anilines is 3. The summed E-state index contributed by atoms with van der Waals surface area (Å²) in [6, 6.07) is 22.0. The van der Waals surface area contributed by atoms with Crippen molar-refractivity contribution in [3.05, 3.63) is 108 Å². The highest BCUT2D eigenvalue weighted by atomic mass is 28.4. The van der Waals surface area contributed by atoms with Gasteiger partial charge in [-0.25, -0.2) is 0 Å². The largest absolute Gasteiger partial charge is 0.482 e. The molecule has 248 valence electrons. The van der Waals surface area contributed by atoms with Gasteiger partial charge in [-0.2, -0.15) is 0 Å². The van der Waals surface area contributed by atoms with Crippen LogP contribution in [0.2, 0.25) is 18.6 Å². The number of hydrogen-bond donors (Lipinski definition) is 1. The summed E-state index contributed by atoms with van der Waals surface area (Å²) >= 11 is 0. The minimum Gasteiger partial charge on any atom is -0.482 e. The number of amides is 2. The van der Waals surface area contributed by atoms with E-state index >= 15 is 4.11 Å². The zero-order chi connectivity index (χ0) is 33.8. The molecule has 5 atom stereocenters. The molecule has 1 fully saturated rings. The molecule has 48 heavy (non-hydrogen) atoms. The van der Waals surface area contributed by atoms with Crippen LogP contribution in [-0.2, 0) is 26.5 Å². The SMILES string of the molecule is C=CCN1C(=O)[C@@]2(O[C@@H](CCn3cc([C@H](O)c4ccccc4)nn3)[C@H]([Si](C)(C)F)[C@H]2C)c2cc(N3C(=O)COc4ccccc43)ccc21. The van der Waals surface area contributed by atoms with Crippen LogP contribution in [0.3, 0.4) is 0 Å². The Morgan fingerprint density at radius 3 is 2.60 bits per heavy atom. The van der Waals surface area contributed by atoms with E-state index in [-0.39, 0.29) is 25.0 Å². The van der Waals surface area contributed by atoms with E-state index in [1.165, 1.54) is 0 Å². The van der Waals surface area contributed by atoms with Crippen LogP contribution in [0, 0.1) is 5.92 Å². The molecule has 0 unspecified atom stereocenters. The van der Waals surface area contributed by atoms with Gasteiger partial charge in [0.1, 0.15) is 17.5 Å². The van der Waals surface area contributed by atoms with E-state index in [2.05, 4.69) is 16.9 Å². The Morgan fingerprint density at radius 1 is 1.10 bits per heavy atom. The molecule has 0 saturated carbocycles. The third-order valence-electron chi connectivity index (χ3n) is 9.82. The second kappa shape index (κ2) is 12.1. The molecule has 2 amide bonds. The standard InChI is InChI=1S/C36H38FN5O5Si/c1-5-18-41-28-16-15-25(42-29-13-9-10-14-30(29)46-22-32(42)43)20-26(28)36(35(41)45)23(2)34(48(3,4)37)31(47-36)17-19-40-21-27(38-39-40)33(44)24-11-7-6-8-12-24/h5-16,20-21,23,31,33-34,44H,1,17-19,22H2,2-4H3/t23-,31+,33-,34-,36+/m1/s1. The van der Waals surface area contributed by atoms with E-state index in [9.17, 15) is 14.7 Å². The summed E-state index contributed by atoms with van der Waals surface area (Å²) in [6.45, 7) is 9.58. The third-order valence-corrected chi connectivity index (χ3v) is 12.3. The van der Waals surface area contributed by atoms with Crippen LogP contribution in [0.25, 0.3) is 0 Å². The summed E-state index contributed by atoms with van der Waals surface area (Å²) in [4.78, 5) is 31.0. The van der Waals surface area contributed by atoms with Crippen molar-refractivity contribution < 1.29 is 28.3 Å². The van der Waals surface area contributed by atoms with Crippen molar-refractivity contribution in [1.29, 1.82) is 0 Å². The maximum Gasteiger partial charge on any atom is 0.269 e. The normalized spacial score (nSPS) is 24.1. The van der Waals surface area contributed by atoms with Crippen LogP contribution in [0.1, 0.15) is 36.3 Å². The zero-order valence-corrected chi connectivity index (χ0v) is 28.1. The van der Waals surface area contributed by atoms with Crippen molar-refractivity contribution in [3.63, 3.8) is 0 Å². The summed E-state index contributed by atoms with van der Waals surface area (Å²) in [6.07, 6.45) is 2.18. The van der Waals surface area contributed by atoms with Gasteiger partial charge in [-0.05, 0) is 55.4 Å². The molecule has 4 heterocycles. The number of aliphatic hydroxyl groups is 1. The fourth-order valence-electron chi connectivity index (χ4n) is 7.75.